The number of benzene rings is 1. The molecule has 1 fully saturated rings. The molecule has 2 aliphatic carbocycles. The molecule has 8 heteroatoms. The first-order chi connectivity index (χ1) is 14.9. The molecule has 3 aliphatic rings. The first-order valence-corrected chi connectivity index (χ1v) is 11.1. The summed E-state index contributed by atoms with van der Waals surface area (Å²) in [7, 11) is 0. The zero-order chi connectivity index (χ0) is 22.1. The average Bonchev–Trinajstić information content (AvgIpc) is 2.73. The van der Waals surface area contributed by atoms with Crippen molar-refractivity contribution in [1.82, 2.24) is 5.32 Å². The largest absolute Gasteiger partial charge is 0.459 e. The molecule has 0 aromatic heterocycles. The van der Waals surface area contributed by atoms with Gasteiger partial charge < -0.3 is 10.1 Å². The molecule has 164 valence electrons. The van der Waals surface area contributed by atoms with Crippen LogP contribution in [0.4, 0.5) is 5.69 Å². The fourth-order valence-electron chi connectivity index (χ4n) is 4.83. The smallest absolute Gasteiger partial charge is 0.337 e. The van der Waals surface area contributed by atoms with E-state index in [2.05, 4.69) is 5.32 Å². The Morgan fingerprint density at radius 2 is 1.94 bits per heavy atom. The van der Waals surface area contributed by atoms with Crippen molar-refractivity contribution in [2.45, 2.75) is 70.3 Å². The third-order valence-corrected chi connectivity index (χ3v) is 6.64. The van der Waals surface area contributed by atoms with Crippen molar-refractivity contribution in [3.05, 3.63) is 61.4 Å². The molecule has 0 radical (unpaired) electrons. The van der Waals surface area contributed by atoms with Crippen molar-refractivity contribution in [2.24, 2.45) is 0 Å². The quantitative estimate of drug-likeness (QED) is 0.394. The minimum atomic E-state index is -0.712. The number of hydrogen-bond acceptors (Lipinski definition) is 6. The number of nitro benzene ring substituents is 1. The maximum atomic E-state index is 13.3. The van der Waals surface area contributed by atoms with Crippen molar-refractivity contribution in [1.29, 1.82) is 0 Å². The molecule has 1 heterocycles. The number of nitrogens with one attached hydrogen (secondary N) is 1. The highest BCUT2D eigenvalue weighted by Gasteiger charge is 2.40. The molecular weight excluding hydrogens is 420 g/mol. The summed E-state index contributed by atoms with van der Waals surface area (Å²) in [5.74, 6) is -1.23. The van der Waals surface area contributed by atoms with E-state index in [4.69, 9.17) is 16.3 Å². The number of ether oxygens (including phenoxy) is 1. The Hall–Kier alpha value is -2.67. The van der Waals surface area contributed by atoms with Crippen LogP contribution in [0.2, 0.25) is 5.02 Å². The number of dihydropyridines is 1. The number of nitrogens with zero attached hydrogens (tertiary/aromatic N) is 1. The summed E-state index contributed by atoms with van der Waals surface area (Å²) in [6.45, 7) is 1.79. The minimum absolute atomic E-state index is 0.0129. The van der Waals surface area contributed by atoms with Gasteiger partial charge in [-0.3, -0.25) is 14.9 Å². The van der Waals surface area contributed by atoms with Crippen LogP contribution in [0.1, 0.15) is 69.8 Å². The van der Waals surface area contributed by atoms with Gasteiger partial charge in [-0.15, -0.1) is 0 Å². The number of carbonyl (C=O) groups is 2. The van der Waals surface area contributed by atoms with E-state index in [0.717, 1.165) is 44.2 Å². The van der Waals surface area contributed by atoms with Crippen LogP contribution in [0.5, 0.6) is 0 Å². The fourth-order valence-corrected chi connectivity index (χ4v) is 5.02. The highest BCUT2D eigenvalue weighted by atomic mass is 35.5. The lowest BCUT2D eigenvalue weighted by atomic mass is 9.75. The second-order valence-corrected chi connectivity index (χ2v) is 8.81. The lowest BCUT2D eigenvalue weighted by Crippen LogP contribution is -2.35. The van der Waals surface area contributed by atoms with Crippen LogP contribution in [0, 0.1) is 10.1 Å². The van der Waals surface area contributed by atoms with E-state index in [-0.39, 0.29) is 22.6 Å². The van der Waals surface area contributed by atoms with Crippen LogP contribution >= 0.6 is 11.6 Å². The second kappa shape index (κ2) is 8.83. The summed E-state index contributed by atoms with van der Waals surface area (Å²) in [5, 5.41) is 14.7. The van der Waals surface area contributed by atoms with Crippen LogP contribution in [0.25, 0.3) is 0 Å². The zero-order valence-electron chi connectivity index (χ0n) is 17.4. The Morgan fingerprint density at radius 3 is 2.65 bits per heavy atom. The number of esters is 1. The van der Waals surface area contributed by atoms with Gasteiger partial charge in [0.05, 0.1) is 10.5 Å². The first-order valence-electron chi connectivity index (χ1n) is 10.8. The van der Waals surface area contributed by atoms with Gasteiger partial charge in [-0.05, 0) is 57.1 Å². The SMILES string of the molecule is CC1=C(C(=O)OC2CCCCC2)[C@@H](c2ccc(Cl)c([N+](=O)[O-])c2)C2=C(CCCC2=O)N1. The van der Waals surface area contributed by atoms with Crippen LogP contribution < -0.4 is 5.32 Å². The van der Waals surface area contributed by atoms with Crippen LogP contribution in [-0.4, -0.2) is 22.8 Å². The molecule has 0 saturated heterocycles. The molecule has 0 amide bonds. The Balaban J connectivity index is 1.79. The predicted molar refractivity (Wildman–Crippen MR) is 116 cm³/mol. The molecule has 0 unspecified atom stereocenters. The summed E-state index contributed by atoms with van der Waals surface area (Å²) >= 11 is 6.02. The van der Waals surface area contributed by atoms with Crippen molar-refractivity contribution < 1.29 is 19.2 Å². The van der Waals surface area contributed by atoms with Gasteiger partial charge >= 0.3 is 5.97 Å². The summed E-state index contributed by atoms with van der Waals surface area (Å²) in [6, 6.07) is 4.47. The van der Waals surface area contributed by atoms with E-state index in [9.17, 15) is 19.7 Å². The average molecular weight is 445 g/mol. The van der Waals surface area contributed by atoms with Crippen molar-refractivity contribution in [3.8, 4) is 0 Å². The van der Waals surface area contributed by atoms with Gasteiger partial charge in [0.1, 0.15) is 11.1 Å². The van der Waals surface area contributed by atoms with E-state index in [1.807, 2.05) is 0 Å². The van der Waals surface area contributed by atoms with Gasteiger partial charge in [0.2, 0.25) is 0 Å². The lowest BCUT2D eigenvalue weighted by molar-refractivity contribution is -0.384. The van der Waals surface area contributed by atoms with Gasteiger partial charge in [0, 0.05) is 35.4 Å². The van der Waals surface area contributed by atoms with E-state index in [1.165, 1.54) is 12.1 Å². The van der Waals surface area contributed by atoms with E-state index < -0.39 is 16.8 Å². The third kappa shape index (κ3) is 4.24. The van der Waals surface area contributed by atoms with E-state index in [0.29, 0.717) is 35.2 Å². The zero-order valence-corrected chi connectivity index (χ0v) is 18.2. The summed E-state index contributed by atoms with van der Waals surface area (Å²) in [5.41, 5.74) is 2.50. The predicted octanol–water partition coefficient (Wildman–Crippen LogP) is 5.09. The Bertz CT molecular complexity index is 1010. The Kier molecular flexibility index (Phi) is 6.14. The molecule has 1 aromatic rings. The molecule has 1 atom stereocenters. The van der Waals surface area contributed by atoms with E-state index >= 15 is 0 Å². The van der Waals surface area contributed by atoms with Crippen molar-refractivity contribution >= 4 is 29.0 Å². The summed E-state index contributed by atoms with van der Waals surface area (Å²) in [6.07, 6.45) is 6.51. The number of halogens is 1. The normalized spacial score (nSPS) is 22.1. The van der Waals surface area contributed by atoms with Crippen LogP contribution in [0.15, 0.2) is 40.7 Å². The molecule has 4 rings (SSSR count). The van der Waals surface area contributed by atoms with Gasteiger partial charge in [0.15, 0.2) is 5.78 Å². The summed E-state index contributed by atoms with van der Waals surface area (Å²) < 4.78 is 5.84. The van der Waals surface area contributed by atoms with Crippen LogP contribution in [0.3, 0.4) is 0 Å². The highest BCUT2D eigenvalue weighted by molar-refractivity contribution is 6.32. The molecular formula is C23H25ClN2O5. The summed E-state index contributed by atoms with van der Waals surface area (Å²) in [4.78, 5) is 37.2. The van der Waals surface area contributed by atoms with Crippen LogP contribution in [-0.2, 0) is 14.3 Å². The van der Waals surface area contributed by atoms with Gasteiger partial charge in [-0.1, -0.05) is 24.1 Å². The maximum Gasteiger partial charge on any atom is 0.337 e. The number of nitro groups is 1. The third-order valence-electron chi connectivity index (χ3n) is 6.32. The fraction of sp³-hybridized carbons (Fsp3) is 0.478. The van der Waals surface area contributed by atoms with Gasteiger partial charge in [-0.25, -0.2) is 4.79 Å². The molecule has 1 aliphatic heterocycles. The van der Waals surface area contributed by atoms with Crippen molar-refractivity contribution in [2.75, 3.05) is 0 Å². The number of allylic oxidation sites excluding steroid dienone is 3. The number of carbonyl (C=O) groups excluding carboxylic acids is 2. The Morgan fingerprint density at radius 1 is 1.19 bits per heavy atom. The number of ketones is 1. The molecule has 7 nitrogen and oxygen atoms in total. The van der Waals surface area contributed by atoms with Gasteiger partial charge in [-0.2, -0.15) is 0 Å². The molecule has 1 aromatic carbocycles. The number of Topliss-reactive ketones (excluding diaryl/α,β-unsaturated/α-hetero) is 1. The monoisotopic (exact) mass is 444 g/mol. The van der Waals surface area contributed by atoms with Gasteiger partial charge in [0.25, 0.3) is 5.69 Å². The molecule has 31 heavy (non-hydrogen) atoms. The minimum Gasteiger partial charge on any atom is -0.459 e. The molecule has 0 spiro atoms. The molecule has 1 N–H and O–H groups in total. The number of hydrogen-bond donors (Lipinski definition) is 1. The Labute approximate surface area is 185 Å². The highest BCUT2D eigenvalue weighted by Crippen LogP contribution is 2.44. The number of rotatable bonds is 4. The molecule has 1 saturated carbocycles. The molecule has 0 bridgehead atoms. The maximum absolute atomic E-state index is 13.3. The second-order valence-electron chi connectivity index (χ2n) is 8.40. The van der Waals surface area contributed by atoms with E-state index in [1.54, 1.807) is 13.0 Å². The topological polar surface area (TPSA) is 98.5 Å². The lowest BCUT2D eigenvalue weighted by Gasteiger charge is -2.35. The van der Waals surface area contributed by atoms with Crippen molar-refractivity contribution in [3.63, 3.8) is 0 Å². The first kappa shape index (κ1) is 21.6. The standard InChI is InChI=1S/C23H25ClN2O5/c1-13-20(23(28)31-15-6-3-2-4-7-15)21(22-17(25-13)8-5-9-19(22)27)14-10-11-16(24)18(12-14)26(29)30/h10-12,15,21,25H,2-9H2,1H3/t21-/m1/s1.